The van der Waals surface area contributed by atoms with E-state index in [0.29, 0.717) is 37.4 Å². The van der Waals surface area contributed by atoms with Crippen molar-refractivity contribution in [1.29, 1.82) is 5.26 Å². The maximum atomic E-state index is 12.4. The quantitative estimate of drug-likeness (QED) is 0.436. The molecule has 1 aliphatic heterocycles. The number of rotatable bonds is 7. The number of likely N-dealkylation sites (tertiary alicyclic amines) is 1. The van der Waals surface area contributed by atoms with Gasteiger partial charge in [-0.25, -0.2) is 9.97 Å². The molecule has 2 fully saturated rings. The van der Waals surface area contributed by atoms with Gasteiger partial charge in [-0.15, -0.1) is 0 Å². The minimum Gasteiger partial charge on any atom is -0.380 e. The van der Waals surface area contributed by atoms with E-state index in [1.165, 1.54) is 0 Å². The normalized spacial score (nSPS) is 17.4. The molecule has 1 saturated heterocycles. The third-order valence-electron chi connectivity index (χ3n) is 7.04. The van der Waals surface area contributed by atoms with Gasteiger partial charge in [0.2, 0.25) is 5.95 Å². The summed E-state index contributed by atoms with van der Waals surface area (Å²) in [5, 5.41) is 29.3. The van der Waals surface area contributed by atoms with Crippen molar-refractivity contribution >= 4 is 23.5 Å². The molecule has 2 aromatic heterocycles. The van der Waals surface area contributed by atoms with E-state index in [-0.39, 0.29) is 17.9 Å². The minimum absolute atomic E-state index is 0.141. The molecule has 1 saturated carbocycles. The number of hydrogen-bond acceptors (Lipinski definition) is 8. The zero-order valence-electron chi connectivity index (χ0n) is 21.4. The number of aryl methyl sites for hydroxylation is 1. The molecule has 2 aliphatic rings. The van der Waals surface area contributed by atoms with Crippen molar-refractivity contribution in [3.8, 4) is 17.3 Å². The molecule has 3 N–H and O–H groups in total. The van der Waals surface area contributed by atoms with Crippen LogP contribution in [0.15, 0.2) is 42.9 Å². The summed E-state index contributed by atoms with van der Waals surface area (Å²) in [6, 6.07) is 8.64. The average Bonchev–Trinajstić information content (AvgIpc) is 3.52. The van der Waals surface area contributed by atoms with E-state index < -0.39 is 11.6 Å². The van der Waals surface area contributed by atoms with E-state index in [0.717, 1.165) is 35.3 Å². The minimum atomic E-state index is -1.12. The van der Waals surface area contributed by atoms with Crippen LogP contribution in [-0.4, -0.2) is 66.3 Å². The molecule has 2 amide bonds. The molecule has 0 spiro atoms. The fourth-order valence-corrected chi connectivity index (χ4v) is 4.58. The summed E-state index contributed by atoms with van der Waals surface area (Å²) in [5.41, 5.74) is 2.57. The fourth-order valence-electron chi connectivity index (χ4n) is 4.58. The van der Waals surface area contributed by atoms with Gasteiger partial charge >= 0.3 is 0 Å². The molecule has 1 aromatic carbocycles. The van der Waals surface area contributed by atoms with Crippen LogP contribution in [-0.2, 0) is 4.79 Å². The van der Waals surface area contributed by atoms with Crippen LogP contribution < -0.4 is 10.6 Å². The van der Waals surface area contributed by atoms with Crippen LogP contribution in [0, 0.1) is 18.3 Å². The Hall–Kier alpha value is -4.30. The summed E-state index contributed by atoms with van der Waals surface area (Å²) in [4.78, 5) is 35.5. The Morgan fingerprint density at radius 3 is 2.55 bits per heavy atom. The van der Waals surface area contributed by atoms with Crippen molar-refractivity contribution in [2.24, 2.45) is 0 Å². The van der Waals surface area contributed by atoms with Gasteiger partial charge in [-0.2, -0.15) is 10.4 Å². The van der Waals surface area contributed by atoms with Gasteiger partial charge in [0.25, 0.3) is 11.8 Å². The zero-order chi connectivity index (χ0) is 26.9. The Bertz CT molecular complexity index is 1380. The topological polar surface area (TPSA) is 149 Å². The van der Waals surface area contributed by atoms with Crippen molar-refractivity contribution in [1.82, 2.24) is 30.0 Å². The molecular weight excluding hydrogens is 484 g/mol. The summed E-state index contributed by atoms with van der Waals surface area (Å²) in [5.74, 6) is -0.0209. The molecule has 5 rings (SSSR count). The Kier molecular flexibility index (Phi) is 6.82. The molecule has 0 bridgehead atoms. The summed E-state index contributed by atoms with van der Waals surface area (Å²) in [6.07, 6.45) is 8.06. The number of nitrogens with zero attached hydrogens (tertiary/aromatic N) is 6. The number of nitrogens with one attached hydrogen (secondary N) is 2. The molecular formula is C27H30N8O3. The maximum absolute atomic E-state index is 12.4. The summed E-state index contributed by atoms with van der Waals surface area (Å²) >= 11 is 0. The van der Waals surface area contributed by atoms with Gasteiger partial charge in [-0.3, -0.25) is 14.3 Å². The third kappa shape index (κ3) is 5.35. The number of nitriles is 1. The van der Waals surface area contributed by atoms with Crippen LogP contribution in [0.4, 0.5) is 11.6 Å². The van der Waals surface area contributed by atoms with Crippen molar-refractivity contribution in [3.05, 3.63) is 54.0 Å². The first-order chi connectivity index (χ1) is 18.3. The highest BCUT2D eigenvalue weighted by atomic mass is 16.3. The van der Waals surface area contributed by atoms with Gasteiger partial charge in [0.15, 0.2) is 0 Å². The first-order valence-corrected chi connectivity index (χ1v) is 12.7. The fraction of sp³-hybridized carbons (Fsp3) is 0.407. The first-order valence-electron chi connectivity index (χ1n) is 12.7. The average molecular weight is 515 g/mol. The lowest BCUT2D eigenvalue weighted by Crippen LogP contribution is -2.45. The molecule has 11 heteroatoms. The third-order valence-corrected chi connectivity index (χ3v) is 7.04. The predicted molar refractivity (Wildman–Crippen MR) is 139 cm³/mol. The standard InChI is InChI=1S/C27H30N8O3/c1-17-14-29-26(33-23(17)19-3-5-20(6-4-19)24(36)31-18(2)13-28)32-21-15-30-35(16-21)22-7-11-34(12-8-22)25(37)27(38)9-10-27/h3-6,14-16,18,22,38H,7-12H2,1-2H3,(H,31,36)(H,29,32,33)/t18-/m0/s1. The van der Waals surface area contributed by atoms with Crippen LogP contribution in [0.1, 0.15) is 54.6 Å². The number of carbonyl (C=O) groups is 2. The van der Waals surface area contributed by atoms with Crippen molar-refractivity contribution in [2.45, 2.75) is 57.2 Å². The van der Waals surface area contributed by atoms with E-state index >= 15 is 0 Å². The maximum Gasteiger partial charge on any atom is 0.254 e. The Labute approximate surface area is 220 Å². The van der Waals surface area contributed by atoms with Gasteiger partial charge in [0.05, 0.1) is 29.7 Å². The number of carbonyl (C=O) groups excluding carboxylic acids is 2. The summed E-state index contributed by atoms with van der Waals surface area (Å²) in [6.45, 7) is 4.76. The monoisotopic (exact) mass is 514 g/mol. The highest BCUT2D eigenvalue weighted by Gasteiger charge is 2.50. The lowest BCUT2D eigenvalue weighted by Gasteiger charge is -2.33. The van der Waals surface area contributed by atoms with E-state index in [9.17, 15) is 14.7 Å². The van der Waals surface area contributed by atoms with E-state index in [4.69, 9.17) is 5.26 Å². The highest BCUT2D eigenvalue weighted by Crippen LogP contribution is 2.38. The molecule has 3 aromatic rings. The van der Waals surface area contributed by atoms with Gasteiger partial charge in [0, 0.05) is 36.6 Å². The number of benzene rings is 1. The molecule has 1 aliphatic carbocycles. The van der Waals surface area contributed by atoms with Crippen LogP contribution in [0.5, 0.6) is 0 Å². The van der Waals surface area contributed by atoms with Gasteiger partial charge in [-0.05, 0) is 57.2 Å². The highest BCUT2D eigenvalue weighted by molar-refractivity contribution is 5.95. The Morgan fingerprint density at radius 2 is 1.89 bits per heavy atom. The van der Waals surface area contributed by atoms with Crippen molar-refractivity contribution < 1.29 is 14.7 Å². The second kappa shape index (κ2) is 10.2. The molecule has 0 radical (unpaired) electrons. The molecule has 3 heterocycles. The molecule has 196 valence electrons. The van der Waals surface area contributed by atoms with Gasteiger partial charge in [0.1, 0.15) is 11.6 Å². The van der Waals surface area contributed by atoms with E-state index in [1.807, 2.05) is 36.0 Å². The van der Waals surface area contributed by atoms with E-state index in [1.54, 1.807) is 36.4 Å². The van der Waals surface area contributed by atoms with Crippen LogP contribution in [0.3, 0.4) is 0 Å². The molecule has 0 unspecified atom stereocenters. The molecule has 1 atom stereocenters. The number of hydrogen-bond donors (Lipinski definition) is 3. The summed E-state index contributed by atoms with van der Waals surface area (Å²) < 4.78 is 1.90. The predicted octanol–water partition coefficient (Wildman–Crippen LogP) is 2.72. The molecule has 38 heavy (non-hydrogen) atoms. The lowest BCUT2D eigenvalue weighted by molar-refractivity contribution is -0.143. The zero-order valence-corrected chi connectivity index (χ0v) is 21.4. The van der Waals surface area contributed by atoms with Crippen LogP contribution in [0.25, 0.3) is 11.3 Å². The van der Waals surface area contributed by atoms with E-state index in [2.05, 4.69) is 25.7 Å². The smallest absolute Gasteiger partial charge is 0.254 e. The largest absolute Gasteiger partial charge is 0.380 e. The first kappa shape index (κ1) is 25.4. The SMILES string of the molecule is Cc1cnc(Nc2cnn(C3CCN(C(=O)C4(O)CC4)CC3)c2)nc1-c1ccc(C(=O)N[C@@H](C)C#N)cc1. The summed E-state index contributed by atoms with van der Waals surface area (Å²) in [7, 11) is 0. The second-order valence-corrected chi connectivity index (χ2v) is 10.0. The second-order valence-electron chi connectivity index (χ2n) is 10.0. The van der Waals surface area contributed by atoms with Crippen LogP contribution in [0.2, 0.25) is 0 Å². The number of anilines is 2. The number of aliphatic hydroxyl groups is 1. The Balaban J connectivity index is 1.23. The molecule has 11 nitrogen and oxygen atoms in total. The number of piperidine rings is 1. The number of amides is 2. The van der Waals surface area contributed by atoms with Gasteiger partial charge in [-0.1, -0.05) is 12.1 Å². The van der Waals surface area contributed by atoms with Crippen molar-refractivity contribution in [2.75, 3.05) is 18.4 Å². The lowest BCUT2D eigenvalue weighted by atomic mass is 10.0. The Morgan fingerprint density at radius 1 is 1.18 bits per heavy atom. The van der Waals surface area contributed by atoms with Crippen LogP contribution >= 0.6 is 0 Å². The number of aromatic nitrogens is 4. The van der Waals surface area contributed by atoms with Gasteiger partial charge < -0.3 is 20.6 Å². The van der Waals surface area contributed by atoms with Crippen molar-refractivity contribution in [3.63, 3.8) is 0 Å².